The molecule has 0 radical (unpaired) electrons. The number of aryl methyl sites for hydroxylation is 1. The maximum Gasteiger partial charge on any atom is 0.416 e. The van der Waals surface area contributed by atoms with Gasteiger partial charge in [-0.05, 0) is 24.6 Å². The van der Waals surface area contributed by atoms with E-state index in [1.165, 1.54) is 10.9 Å². The lowest BCUT2D eigenvalue weighted by Gasteiger charge is -2.13. The number of hydrogen-bond acceptors (Lipinski definition) is 3. The highest BCUT2D eigenvalue weighted by Gasteiger charge is 2.33. The van der Waals surface area contributed by atoms with Crippen LogP contribution in [0, 0.1) is 0 Å². The van der Waals surface area contributed by atoms with Gasteiger partial charge in [0.15, 0.2) is 0 Å². The van der Waals surface area contributed by atoms with Crippen molar-refractivity contribution in [3.05, 3.63) is 45.7 Å². The van der Waals surface area contributed by atoms with E-state index in [2.05, 4.69) is 31.4 Å². The molecule has 0 spiro atoms. The van der Waals surface area contributed by atoms with Crippen molar-refractivity contribution in [2.75, 3.05) is 0 Å². The minimum absolute atomic E-state index is 0.112. The molecule has 0 unspecified atom stereocenters. The maximum atomic E-state index is 13.0. The third-order valence-corrected chi connectivity index (χ3v) is 3.36. The predicted molar refractivity (Wildman–Crippen MR) is 75.4 cm³/mol. The normalized spacial score (nSPS) is 11.9. The molecule has 0 amide bonds. The highest BCUT2D eigenvalue weighted by molar-refractivity contribution is 9.10. The molecule has 8 heteroatoms. The van der Waals surface area contributed by atoms with Crippen LogP contribution in [0.2, 0.25) is 0 Å². The third-order valence-electron chi connectivity index (χ3n) is 2.87. The monoisotopic (exact) mass is 362 g/mol. The van der Waals surface area contributed by atoms with E-state index in [1.807, 2.05) is 6.92 Å². The van der Waals surface area contributed by atoms with Gasteiger partial charge in [0.05, 0.1) is 24.0 Å². The first-order chi connectivity index (χ1) is 9.90. The highest BCUT2D eigenvalue weighted by Crippen LogP contribution is 2.33. The third kappa shape index (κ3) is 4.28. The second kappa shape index (κ2) is 6.57. The van der Waals surface area contributed by atoms with Gasteiger partial charge in [0.2, 0.25) is 0 Å². The summed E-state index contributed by atoms with van der Waals surface area (Å²) in [5, 5.41) is 11.1. The van der Waals surface area contributed by atoms with Crippen LogP contribution in [-0.4, -0.2) is 15.0 Å². The van der Waals surface area contributed by atoms with Crippen LogP contribution in [0.5, 0.6) is 0 Å². The van der Waals surface area contributed by atoms with Crippen molar-refractivity contribution in [3.8, 4) is 0 Å². The van der Waals surface area contributed by atoms with Crippen LogP contribution in [0.1, 0.15) is 23.7 Å². The fourth-order valence-corrected chi connectivity index (χ4v) is 2.22. The number of rotatable bonds is 5. The minimum atomic E-state index is -4.37. The van der Waals surface area contributed by atoms with Gasteiger partial charge in [-0.15, -0.1) is 0 Å². The minimum Gasteiger partial charge on any atom is -0.307 e. The topological polar surface area (TPSA) is 42.7 Å². The molecule has 1 N–H and O–H groups in total. The van der Waals surface area contributed by atoms with Crippen molar-refractivity contribution in [2.45, 2.75) is 32.7 Å². The number of aromatic nitrogens is 3. The quantitative estimate of drug-likeness (QED) is 0.886. The second-order valence-electron chi connectivity index (χ2n) is 4.43. The molecule has 0 aliphatic carbocycles. The molecule has 1 heterocycles. The highest BCUT2D eigenvalue weighted by atomic mass is 79.9. The second-order valence-corrected chi connectivity index (χ2v) is 5.34. The fraction of sp³-hybridized carbons (Fsp3) is 0.385. The summed E-state index contributed by atoms with van der Waals surface area (Å²) in [5.74, 6) is 0. The molecule has 0 aliphatic heterocycles. The van der Waals surface area contributed by atoms with E-state index in [0.29, 0.717) is 23.3 Å². The first kappa shape index (κ1) is 16.0. The van der Waals surface area contributed by atoms with Crippen LogP contribution in [0.25, 0.3) is 0 Å². The number of benzene rings is 1. The van der Waals surface area contributed by atoms with Crippen LogP contribution in [0.15, 0.2) is 28.9 Å². The SMILES string of the molecule is CCn1ncc(CNCc2ccc(Br)cc2C(F)(F)F)n1. The number of hydrogen-bond donors (Lipinski definition) is 1. The van der Waals surface area contributed by atoms with Gasteiger partial charge in [-0.1, -0.05) is 22.0 Å². The summed E-state index contributed by atoms with van der Waals surface area (Å²) in [5.41, 5.74) is 0.262. The van der Waals surface area contributed by atoms with Crippen molar-refractivity contribution < 1.29 is 13.2 Å². The maximum absolute atomic E-state index is 13.0. The number of nitrogens with zero attached hydrogens (tertiary/aromatic N) is 3. The van der Waals surface area contributed by atoms with Crippen LogP contribution < -0.4 is 5.32 Å². The Morgan fingerprint density at radius 1 is 1.29 bits per heavy atom. The first-order valence-corrected chi connectivity index (χ1v) is 7.14. The summed E-state index contributed by atoms with van der Waals surface area (Å²) in [6.45, 7) is 3.05. The molecule has 2 aromatic rings. The molecule has 21 heavy (non-hydrogen) atoms. The standard InChI is InChI=1S/C13H14BrF3N4/c1-2-21-19-8-11(20-21)7-18-6-9-3-4-10(14)5-12(9)13(15,16)17/h3-5,8,18H,2,6-7H2,1H3. The summed E-state index contributed by atoms with van der Waals surface area (Å²) < 4.78 is 39.3. The summed E-state index contributed by atoms with van der Waals surface area (Å²) >= 11 is 3.06. The lowest BCUT2D eigenvalue weighted by Crippen LogP contribution is -2.17. The van der Waals surface area contributed by atoms with E-state index >= 15 is 0 Å². The summed E-state index contributed by atoms with van der Waals surface area (Å²) in [4.78, 5) is 1.53. The Morgan fingerprint density at radius 2 is 2.05 bits per heavy atom. The average molecular weight is 363 g/mol. The first-order valence-electron chi connectivity index (χ1n) is 6.35. The van der Waals surface area contributed by atoms with Gasteiger partial charge in [-0.3, -0.25) is 0 Å². The van der Waals surface area contributed by atoms with Crippen LogP contribution >= 0.6 is 15.9 Å². The van der Waals surface area contributed by atoms with Gasteiger partial charge in [0.1, 0.15) is 0 Å². The van der Waals surface area contributed by atoms with E-state index < -0.39 is 11.7 Å². The summed E-state index contributed by atoms with van der Waals surface area (Å²) in [6.07, 6.45) is -2.77. The van der Waals surface area contributed by atoms with E-state index in [4.69, 9.17) is 0 Å². The smallest absolute Gasteiger partial charge is 0.307 e. The van der Waals surface area contributed by atoms with Gasteiger partial charge in [0, 0.05) is 17.6 Å². The molecule has 0 atom stereocenters. The van der Waals surface area contributed by atoms with Crippen molar-refractivity contribution in [3.63, 3.8) is 0 Å². The van der Waals surface area contributed by atoms with E-state index in [-0.39, 0.29) is 12.1 Å². The molecule has 4 nitrogen and oxygen atoms in total. The Balaban J connectivity index is 2.03. The average Bonchev–Trinajstić information content (AvgIpc) is 2.87. The van der Waals surface area contributed by atoms with Crippen molar-refractivity contribution in [1.29, 1.82) is 0 Å². The zero-order valence-corrected chi connectivity index (χ0v) is 12.9. The van der Waals surface area contributed by atoms with Gasteiger partial charge in [-0.25, -0.2) is 0 Å². The molecule has 0 aliphatic rings. The molecular formula is C13H14BrF3N4. The molecule has 0 fully saturated rings. The number of halogens is 4. The fourth-order valence-electron chi connectivity index (χ4n) is 1.86. The van der Waals surface area contributed by atoms with Crippen LogP contribution in [0.3, 0.4) is 0 Å². The summed E-state index contributed by atoms with van der Waals surface area (Å²) in [7, 11) is 0. The Hall–Kier alpha value is -1.41. The van der Waals surface area contributed by atoms with Gasteiger partial charge >= 0.3 is 6.18 Å². The predicted octanol–water partition coefficient (Wildman–Crippen LogP) is 3.37. The Bertz CT molecular complexity index is 610. The molecule has 0 saturated carbocycles. The number of nitrogens with one attached hydrogen (secondary N) is 1. The lowest BCUT2D eigenvalue weighted by molar-refractivity contribution is -0.138. The molecular weight excluding hydrogens is 349 g/mol. The molecule has 1 aromatic carbocycles. The van der Waals surface area contributed by atoms with Crippen LogP contribution in [-0.2, 0) is 25.8 Å². The summed E-state index contributed by atoms with van der Waals surface area (Å²) in [6, 6.07) is 4.15. The zero-order valence-electron chi connectivity index (χ0n) is 11.3. The van der Waals surface area contributed by atoms with Gasteiger partial charge in [0.25, 0.3) is 0 Å². The molecule has 1 aromatic heterocycles. The Labute approximate surface area is 128 Å². The molecule has 114 valence electrons. The van der Waals surface area contributed by atoms with Gasteiger partial charge < -0.3 is 5.32 Å². The molecule has 2 rings (SSSR count). The van der Waals surface area contributed by atoms with Gasteiger partial charge in [-0.2, -0.15) is 28.2 Å². The van der Waals surface area contributed by atoms with Crippen molar-refractivity contribution in [2.24, 2.45) is 0 Å². The largest absolute Gasteiger partial charge is 0.416 e. The zero-order chi connectivity index (χ0) is 15.5. The molecule has 0 bridgehead atoms. The number of alkyl halides is 3. The molecule has 0 saturated heterocycles. The lowest BCUT2D eigenvalue weighted by atomic mass is 10.1. The van der Waals surface area contributed by atoms with E-state index in [0.717, 1.165) is 6.07 Å². The Morgan fingerprint density at radius 3 is 2.67 bits per heavy atom. The van der Waals surface area contributed by atoms with E-state index in [9.17, 15) is 13.2 Å². The Kier molecular flexibility index (Phi) is 5.00. The van der Waals surface area contributed by atoms with E-state index in [1.54, 1.807) is 12.3 Å². The van der Waals surface area contributed by atoms with Crippen molar-refractivity contribution in [1.82, 2.24) is 20.3 Å². The van der Waals surface area contributed by atoms with Crippen molar-refractivity contribution >= 4 is 15.9 Å². The van der Waals surface area contributed by atoms with Crippen LogP contribution in [0.4, 0.5) is 13.2 Å².